The van der Waals surface area contributed by atoms with E-state index in [2.05, 4.69) is 21.3 Å². The van der Waals surface area contributed by atoms with Gasteiger partial charge in [-0.1, -0.05) is 43.2 Å². The molecule has 25 heavy (non-hydrogen) atoms. The summed E-state index contributed by atoms with van der Waals surface area (Å²) in [5.74, 6) is -0.0639. The van der Waals surface area contributed by atoms with E-state index in [1.807, 2.05) is 37.4 Å². The van der Waals surface area contributed by atoms with Gasteiger partial charge in [-0.3, -0.25) is 4.79 Å². The van der Waals surface area contributed by atoms with Crippen LogP contribution in [-0.4, -0.2) is 37.6 Å². The van der Waals surface area contributed by atoms with Crippen molar-refractivity contribution < 1.29 is 9.59 Å². The predicted molar refractivity (Wildman–Crippen MR) is 102 cm³/mol. The van der Waals surface area contributed by atoms with Gasteiger partial charge in [-0.05, 0) is 38.4 Å². The molecular formula is C18H29ClN4O2. The molecule has 1 saturated carbocycles. The summed E-state index contributed by atoms with van der Waals surface area (Å²) in [7, 11) is 1.89. The van der Waals surface area contributed by atoms with Crippen LogP contribution in [0, 0.1) is 0 Å². The van der Waals surface area contributed by atoms with Crippen molar-refractivity contribution in [1.29, 1.82) is 0 Å². The van der Waals surface area contributed by atoms with Crippen LogP contribution in [0.4, 0.5) is 4.79 Å². The van der Waals surface area contributed by atoms with Crippen molar-refractivity contribution >= 4 is 24.3 Å². The third-order valence-corrected chi connectivity index (χ3v) is 4.43. The number of carbonyl (C=O) groups is 2. The zero-order valence-electron chi connectivity index (χ0n) is 14.8. The second kappa shape index (κ2) is 10.9. The van der Waals surface area contributed by atoms with E-state index in [-0.39, 0.29) is 24.3 Å². The van der Waals surface area contributed by atoms with Gasteiger partial charge in [0.25, 0.3) is 0 Å². The van der Waals surface area contributed by atoms with E-state index in [0.29, 0.717) is 25.9 Å². The Kier molecular flexibility index (Phi) is 9.31. The normalized spacial score (nSPS) is 15.1. The molecule has 0 aliphatic heterocycles. The summed E-state index contributed by atoms with van der Waals surface area (Å²) in [6, 6.07) is 9.44. The average molecular weight is 369 g/mol. The topological polar surface area (TPSA) is 82.3 Å². The van der Waals surface area contributed by atoms with E-state index in [4.69, 9.17) is 0 Å². The highest BCUT2D eigenvalue weighted by molar-refractivity contribution is 5.91. The second-order valence-electron chi connectivity index (χ2n) is 6.30. The molecule has 1 aromatic carbocycles. The van der Waals surface area contributed by atoms with Crippen LogP contribution in [0.25, 0.3) is 0 Å². The molecule has 0 bridgehead atoms. The van der Waals surface area contributed by atoms with E-state index in [1.165, 1.54) is 0 Å². The van der Waals surface area contributed by atoms with Crippen molar-refractivity contribution in [2.45, 2.75) is 44.2 Å². The number of benzene rings is 1. The summed E-state index contributed by atoms with van der Waals surface area (Å²) in [6.45, 7) is 1.93. The fourth-order valence-corrected chi connectivity index (χ4v) is 3.06. The first-order valence-corrected chi connectivity index (χ1v) is 8.69. The number of urea groups is 1. The highest BCUT2D eigenvalue weighted by Crippen LogP contribution is 2.29. The lowest BCUT2D eigenvalue weighted by atomic mass is 9.96. The first kappa shape index (κ1) is 21.3. The maximum Gasteiger partial charge on any atom is 0.315 e. The van der Waals surface area contributed by atoms with Gasteiger partial charge in [0.1, 0.15) is 5.54 Å². The van der Waals surface area contributed by atoms with Crippen LogP contribution in [-0.2, 0) is 11.3 Å². The summed E-state index contributed by atoms with van der Waals surface area (Å²) in [5.41, 5.74) is 0.269. The zero-order valence-corrected chi connectivity index (χ0v) is 15.6. The first-order valence-electron chi connectivity index (χ1n) is 8.69. The molecule has 0 radical (unpaired) electrons. The van der Waals surface area contributed by atoms with Crippen LogP contribution in [0.2, 0.25) is 0 Å². The van der Waals surface area contributed by atoms with Gasteiger partial charge in [0.2, 0.25) is 5.91 Å². The lowest BCUT2D eigenvalue weighted by molar-refractivity contribution is -0.127. The lowest BCUT2D eigenvalue weighted by Gasteiger charge is -2.29. The SMILES string of the molecule is CNCCCNC(=O)C1(NC(=O)NCc2ccccc2)CCCC1.Cl. The number of carbonyl (C=O) groups excluding carboxylic acids is 2. The van der Waals surface area contributed by atoms with E-state index in [9.17, 15) is 9.59 Å². The number of nitrogens with one attached hydrogen (secondary N) is 4. The summed E-state index contributed by atoms with van der Waals surface area (Å²) < 4.78 is 0. The number of rotatable bonds is 8. The van der Waals surface area contributed by atoms with Gasteiger partial charge in [-0.25, -0.2) is 4.79 Å². The molecule has 2 rings (SSSR count). The minimum atomic E-state index is -0.763. The fraction of sp³-hybridized carbons (Fsp3) is 0.556. The molecule has 0 saturated heterocycles. The molecule has 7 heteroatoms. The van der Waals surface area contributed by atoms with Crippen molar-refractivity contribution in [3.8, 4) is 0 Å². The van der Waals surface area contributed by atoms with Gasteiger partial charge >= 0.3 is 6.03 Å². The fourth-order valence-electron chi connectivity index (χ4n) is 3.06. The van der Waals surface area contributed by atoms with E-state index in [1.54, 1.807) is 0 Å². The van der Waals surface area contributed by atoms with Crippen LogP contribution in [0.5, 0.6) is 0 Å². The number of amides is 3. The molecule has 1 aliphatic carbocycles. The Labute approximate surface area is 155 Å². The molecule has 0 aromatic heterocycles. The van der Waals surface area contributed by atoms with Crippen LogP contribution in [0.1, 0.15) is 37.7 Å². The molecule has 1 fully saturated rings. The van der Waals surface area contributed by atoms with Gasteiger partial charge in [-0.2, -0.15) is 0 Å². The Balaban J connectivity index is 0.00000312. The van der Waals surface area contributed by atoms with Gasteiger partial charge in [0, 0.05) is 13.1 Å². The number of hydrogen-bond acceptors (Lipinski definition) is 3. The highest BCUT2D eigenvalue weighted by atomic mass is 35.5. The minimum Gasteiger partial charge on any atom is -0.354 e. The molecule has 1 aliphatic rings. The third kappa shape index (κ3) is 6.55. The summed E-state index contributed by atoms with van der Waals surface area (Å²) in [4.78, 5) is 24.8. The number of hydrogen-bond donors (Lipinski definition) is 4. The van der Waals surface area contributed by atoms with Gasteiger partial charge < -0.3 is 21.3 Å². The molecule has 0 heterocycles. The van der Waals surface area contributed by atoms with Crippen LogP contribution in [0.3, 0.4) is 0 Å². The van der Waals surface area contributed by atoms with E-state index in [0.717, 1.165) is 31.4 Å². The quantitative estimate of drug-likeness (QED) is 0.529. The first-order chi connectivity index (χ1) is 11.7. The maximum absolute atomic E-state index is 12.6. The summed E-state index contributed by atoms with van der Waals surface area (Å²) in [6.07, 6.45) is 4.19. The van der Waals surface area contributed by atoms with Crippen molar-refractivity contribution in [1.82, 2.24) is 21.3 Å². The van der Waals surface area contributed by atoms with Crippen molar-refractivity contribution in [3.63, 3.8) is 0 Å². The molecule has 6 nitrogen and oxygen atoms in total. The lowest BCUT2D eigenvalue weighted by Crippen LogP contribution is -2.59. The molecule has 1 aromatic rings. The van der Waals surface area contributed by atoms with Crippen molar-refractivity contribution in [3.05, 3.63) is 35.9 Å². The van der Waals surface area contributed by atoms with Crippen molar-refractivity contribution in [2.75, 3.05) is 20.1 Å². The summed E-state index contributed by atoms with van der Waals surface area (Å²) in [5, 5.41) is 11.8. The molecular weight excluding hydrogens is 340 g/mol. The molecule has 140 valence electrons. The molecule has 0 unspecified atom stereocenters. The second-order valence-corrected chi connectivity index (χ2v) is 6.30. The minimum absolute atomic E-state index is 0. The van der Waals surface area contributed by atoms with Gasteiger partial charge in [0.05, 0.1) is 0 Å². The van der Waals surface area contributed by atoms with E-state index < -0.39 is 5.54 Å². The van der Waals surface area contributed by atoms with Gasteiger partial charge in [0.15, 0.2) is 0 Å². The standard InChI is InChI=1S/C18H28N4O2.ClH/c1-19-12-7-13-20-16(23)18(10-5-6-11-18)22-17(24)21-14-15-8-3-2-4-9-15;/h2-4,8-9,19H,5-7,10-14H2,1H3,(H,20,23)(H2,21,22,24);1H. The molecule has 4 N–H and O–H groups in total. The Morgan fingerprint density at radius 1 is 1.04 bits per heavy atom. The molecule has 3 amide bonds. The Morgan fingerprint density at radius 3 is 2.36 bits per heavy atom. The smallest absolute Gasteiger partial charge is 0.315 e. The Morgan fingerprint density at radius 2 is 1.72 bits per heavy atom. The third-order valence-electron chi connectivity index (χ3n) is 4.43. The van der Waals surface area contributed by atoms with Crippen LogP contribution >= 0.6 is 12.4 Å². The summed E-state index contributed by atoms with van der Waals surface area (Å²) >= 11 is 0. The number of halogens is 1. The maximum atomic E-state index is 12.6. The largest absolute Gasteiger partial charge is 0.354 e. The van der Waals surface area contributed by atoms with Gasteiger partial charge in [-0.15, -0.1) is 12.4 Å². The Bertz CT molecular complexity index is 533. The zero-order chi connectivity index (χ0) is 17.3. The average Bonchev–Trinajstić information content (AvgIpc) is 3.07. The molecule has 0 atom stereocenters. The predicted octanol–water partition coefficient (Wildman–Crippen LogP) is 1.95. The van der Waals surface area contributed by atoms with Crippen LogP contribution < -0.4 is 21.3 Å². The Hall–Kier alpha value is -1.79. The van der Waals surface area contributed by atoms with E-state index >= 15 is 0 Å². The van der Waals surface area contributed by atoms with Crippen LogP contribution in [0.15, 0.2) is 30.3 Å². The molecule has 0 spiro atoms. The highest BCUT2D eigenvalue weighted by Gasteiger charge is 2.42. The monoisotopic (exact) mass is 368 g/mol. The van der Waals surface area contributed by atoms with Crippen molar-refractivity contribution in [2.24, 2.45) is 0 Å².